The minimum absolute atomic E-state index is 0.0500. The number of rotatable bonds is 8. The Morgan fingerprint density at radius 3 is 2.33 bits per heavy atom. The first-order valence-electron chi connectivity index (χ1n) is 11.3. The van der Waals surface area contributed by atoms with Crippen LogP contribution < -0.4 is 0 Å². The largest absolute Gasteiger partial charge is 0.416 e. The summed E-state index contributed by atoms with van der Waals surface area (Å²) < 4.78 is 45.4. The van der Waals surface area contributed by atoms with E-state index < -0.39 is 11.7 Å². The van der Waals surface area contributed by atoms with Gasteiger partial charge in [0.05, 0.1) is 25.4 Å². The van der Waals surface area contributed by atoms with Crippen LogP contribution in [-0.4, -0.2) is 74.0 Å². The lowest BCUT2D eigenvalue weighted by Gasteiger charge is -2.34. The minimum atomic E-state index is -4.36. The molecule has 2 aliphatic rings. The van der Waals surface area contributed by atoms with Crippen LogP contribution in [0.1, 0.15) is 23.1 Å². The van der Waals surface area contributed by atoms with Crippen molar-refractivity contribution in [2.45, 2.75) is 22.4 Å². The third-order valence-corrected chi connectivity index (χ3v) is 7.19. The highest BCUT2D eigenvalue weighted by Gasteiger charge is 2.32. The topological polar surface area (TPSA) is 35.9 Å². The van der Waals surface area contributed by atoms with Gasteiger partial charge in [-0.3, -0.25) is 4.90 Å². The van der Waals surface area contributed by atoms with Crippen LogP contribution >= 0.6 is 11.8 Å². The van der Waals surface area contributed by atoms with Crippen molar-refractivity contribution >= 4 is 17.3 Å². The Balaban J connectivity index is 1.42. The average molecular weight is 479 g/mol. The molecule has 4 nitrogen and oxygen atoms in total. The van der Waals surface area contributed by atoms with Gasteiger partial charge in [0, 0.05) is 49.1 Å². The number of aliphatic hydroxyl groups is 1. The van der Waals surface area contributed by atoms with Crippen molar-refractivity contribution in [1.29, 1.82) is 0 Å². The molecule has 33 heavy (non-hydrogen) atoms. The molecule has 0 bridgehead atoms. The predicted octanol–water partition coefficient (Wildman–Crippen LogP) is 4.62. The highest BCUT2D eigenvalue weighted by atomic mass is 32.2. The van der Waals surface area contributed by atoms with E-state index in [1.807, 2.05) is 24.3 Å². The van der Waals surface area contributed by atoms with Gasteiger partial charge in [0.25, 0.3) is 0 Å². The maximum absolute atomic E-state index is 13.4. The Labute approximate surface area is 197 Å². The Hall–Kier alpha value is -1.84. The van der Waals surface area contributed by atoms with Crippen LogP contribution in [0.25, 0.3) is 5.57 Å². The Kier molecular flexibility index (Phi) is 8.14. The van der Waals surface area contributed by atoms with E-state index in [4.69, 9.17) is 9.84 Å². The number of nitrogens with zero attached hydrogens (tertiary/aromatic N) is 2. The first kappa shape index (κ1) is 24.3. The monoisotopic (exact) mass is 478 g/mol. The predicted molar refractivity (Wildman–Crippen MR) is 124 cm³/mol. The van der Waals surface area contributed by atoms with E-state index >= 15 is 0 Å². The van der Waals surface area contributed by atoms with Gasteiger partial charge in [0.2, 0.25) is 0 Å². The summed E-state index contributed by atoms with van der Waals surface area (Å²) in [5.74, 6) is 0. The lowest BCUT2D eigenvalue weighted by atomic mass is 9.94. The van der Waals surface area contributed by atoms with Crippen molar-refractivity contribution in [2.75, 3.05) is 59.1 Å². The summed E-state index contributed by atoms with van der Waals surface area (Å²) in [5.41, 5.74) is 1.96. The Morgan fingerprint density at radius 1 is 0.909 bits per heavy atom. The fourth-order valence-electron chi connectivity index (χ4n) is 4.26. The van der Waals surface area contributed by atoms with E-state index in [0.717, 1.165) is 66.6 Å². The molecule has 1 fully saturated rings. The van der Waals surface area contributed by atoms with Crippen molar-refractivity contribution in [1.82, 2.24) is 9.80 Å². The standard InChI is InChI=1S/C25H29F3N2O2S/c26-25(27,28)19-7-8-24-22(18-19)20(21-4-1-2-6-23(21)33-24)5-3-9-29-10-12-30(13-11-29)14-16-32-17-15-31/h1-2,4-8,18,31H,3,9-17H2/b20-5+. The van der Waals surface area contributed by atoms with Gasteiger partial charge in [-0.05, 0) is 47.4 Å². The lowest BCUT2D eigenvalue weighted by molar-refractivity contribution is -0.137. The van der Waals surface area contributed by atoms with Gasteiger partial charge in [-0.2, -0.15) is 13.2 Å². The van der Waals surface area contributed by atoms with Crippen molar-refractivity contribution in [3.63, 3.8) is 0 Å². The van der Waals surface area contributed by atoms with Gasteiger partial charge in [0.15, 0.2) is 0 Å². The summed E-state index contributed by atoms with van der Waals surface area (Å²) in [6.45, 7) is 6.66. The molecule has 0 unspecified atom stereocenters. The van der Waals surface area contributed by atoms with Gasteiger partial charge in [-0.1, -0.05) is 36.0 Å². The van der Waals surface area contributed by atoms with Crippen molar-refractivity contribution < 1.29 is 23.0 Å². The third kappa shape index (κ3) is 6.19. The molecule has 4 rings (SSSR count). The van der Waals surface area contributed by atoms with Gasteiger partial charge in [-0.25, -0.2) is 0 Å². The van der Waals surface area contributed by atoms with Crippen molar-refractivity contribution in [3.05, 3.63) is 65.2 Å². The number of fused-ring (bicyclic) bond motifs is 2. The number of piperazine rings is 1. The Bertz CT molecular complexity index is 972. The summed E-state index contributed by atoms with van der Waals surface area (Å²) in [4.78, 5) is 6.70. The molecule has 1 N–H and O–H groups in total. The van der Waals surface area contributed by atoms with E-state index in [-0.39, 0.29) is 6.61 Å². The van der Waals surface area contributed by atoms with E-state index in [1.165, 1.54) is 23.9 Å². The molecule has 178 valence electrons. The number of aliphatic hydroxyl groups excluding tert-OH is 1. The molecule has 1 saturated heterocycles. The summed E-state index contributed by atoms with van der Waals surface area (Å²) in [7, 11) is 0. The van der Waals surface area contributed by atoms with Crippen molar-refractivity contribution in [3.8, 4) is 0 Å². The normalized spacial score (nSPS) is 18.4. The molecule has 8 heteroatoms. The number of halogens is 3. The molecule has 0 spiro atoms. The van der Waals surface area contributed by atoms with Crippen LogP contribution in [0, 0.1) is 0 Å². The molecule has 0 aromatic heterocycles. The van der Waals surface area contributed by atoms with Gasteiger partial charge < -0.3 is 14.7 Å². The molecule has 0 aliphatic carbocycles. The molecular formula is C25H29F3N2O2S. The summed E-state index contributed by atoms with van der Waals surface area (Å²) in [5, 5.41) is 8.77. The second-order valence-electron chi connectivity index (χ2n) is 8.23. The zero-order chi connectivity index (χ0) is 23.3. The molecule has 2 heterocycles. The number of hydrogen-bond donors (Lipinski definition) is 1. The maximum atomic E-state index is 13.4. The average Bonchev–Trinajstić information content (AvgIpc) is 2.81. The molecule has 0 amide bonds. The molecule has 0 radical (unpaired) electrons. The molecular weight excluding hydrogens is 449 g/mol. The van der Waals surface area contributed by atoms with Crippen LogP contribution in [0.2, 0.25) is 0 Å². The van der Waals surface area contributed by atoms with Crippen molar-refractivity contribution in [2.24, 2.45) is 0 Å². The van der Waals surface area contributed by atoms with Gasteiger partial charge >= 0.3 is 6.18 Å². The SMILES string of the molecule is OCCOCCN1CCN(CC/C=C2\c3ccccc3Sc3ccc(C(F)(F)F)cc32)CC1. The fraction of sp³-hybridized carbons (Fsp3) is 0.440. The van der Waals surface area contributed by atoms with E-state index in [0.29, 0.717) is 18.8 Å². The highest BCUT2D eigenvalue weighted by molar-refractivity contribution is 7.99. The smallest absolute Gasteiger partial charge is 0.394 e. The molecule has 2 aromatic rings. The van der Waals surface area contributed by atoms with Crippen LogP contribution in [0.3, 0.4) is 0 Å². The van der Waals surface area contributed by atoms with Gasteiger partial charge in [0.1, 0.15) is 0 Å². The summed E-state index contributed by atoms with van der Waals surface area (Å²) in [6.07, 6.45) is -1.47. The third-order valence-electron chi connectivity index (χ3n) is 6.04. The van der Waals surface area contributed by atoms with E-state index in [2.05, 4.69) is 15.9 Å². The number of benzene rings is 2. The number of ether oxygens (including phenoxy) is 1. The Morgan fingerprint density at radius 2 is 1.61 bits per heavy atom. The zero-order valence-corrected chi connectivity index (χ0v) is 19.3. The zero-order valence-electron chi connectivity index (χ0n) is 18.5. The number of alkyl halides is 3. The minimum Gasteiger partial charge on any atom is -0.394 e. The quantitative estimate of drug-likeness (QED) is 0.478. The molecule has 0 saturated carbocycles. The van der Waals surface area contributed by atoms with Crippen LogP contribution in [0.4, 0.5) is 13.2 Å². The second-order valence-corrected chi connectivity index (χ2v) is 9.32. The van der Waals surface area contributed by atoms with Crippen LogP contribution in [0.15, 0.2) is 58.3 Å². The first-order valence-corrected chi connectivity index (χ1v) is 12.1. The highest BCUT2D eigenvalue weighted by Crippen LogP contribution is 2.47. The lowest BCUT2D eigenvalue weighted by Crippen LogP contribution is -2.47. The molecule has 0 atom stereocenters. The maximum Gasteiger partial charge on any atom is 0.416 e. The first-order chi connectivity index (χ1) is 16.0. The summed E-state index contributed by atoms with van der Waals surface area (Å²) >= 11 is 1.53. The van der Waals surface area contributed by atoms with Gasteiger partial charge in [-0.15, -0.1) is 0 Å². The second kappa shape index (κ2) is 11.1. The van der Waals surface area contributed by atoms with Crippen LogP contribution in [0.5, 0.6) is 0 Å². The molecule has 2 aromatic carbocycles. The van der Waals surface area contributed by atoms with E-state index in [1.54, 1.807) is 6.07 Å². The fourth-order valence-corrected chi connectivity index (χ4v) is 5.34. The molecule has 2 aliphatic heterocycles. The summed E-state index contributed by atoms with van der Waals surface area (Å²) in [6, 6.07) is 12.0. The van der Waals surface area contributed by atoms with E-state index in [9.17, 15) is 13.2 Å². The van der Waals surface area contributed by atoms with Crippen LogP contribution in [-0.2, 0) is 10.9 Å². The number of hydrogen-bond acceptors (Lipinski definition) is 5.